The SMILES string of the molecule is CCOC(=O)N(C(=O)OCC)c1c(Cl)cc(CCN(C)CCCN2CCc3cc(OC)c(OC)cc3CC2=O)cc1Cl. The van der Waals surface area contributed by atoms with Crippen molar-refractivity contribution in [2.24, 2.45) is 0 Å². The minimum absolute atomic E-state index is 0.0218. The number of likely N-dealkylation sites (N-methyl/N-ethyl adjacent to an activating group) is 1. The van der Waals surface area contributed by atoms with Crippen LogP contribution < -0.4 is 14.4 Å². The van der Waals surface area contributed by atoms with Crippen LogP contribution in [0.4, 0.5) is 15.3 Å². The molecule has 1 aliphatic rings. The number of halogens is 2. The molecule has 0 aliphatic carbocycles. The average Bonchev–Trinajstić information content (AvgIpc) is 3.10. The van der Waals surface area contributed by atoms with Crippen molar-refractivity contribution in [3.63, 3.8) is 0 Å². The van der Waals surface area contributed by atoms with Gasteiger partial charge in [0.05, 0.1) is 49.6 Å². The number of ether oxygens (including phenoxy) is 4. The lowest BCUT2D eigenvalue weighted by atomic mass is 10.0. The fraction of sp³-hybridized carbons (Fsp3) is 0.500. The molecular formula is C30H39Cl2N3O7. The second kappa shape index (κ2) is 15.9. The van der Waals surface area contributed by atoms with Crippen LogP contribution in [0.15, 0.2) is 24.3 Å². The monoisotopic (exact) mass is 623 g/mol. The summed E-state index contributed by atoms with van der Waals surface area (Å²) in [6, 6.07) is 7.23. The van der Waals surface area contributed by atoms with Crippen molar-refractivity contribution in [3.8, 4) is 11.5 Å². The number of nitrogens with zero attached hydrogens (tertiary/aromatic N) is 3. The first-order valence-corrected chi connectivity index (χ1v) is 14.7. The number of anilines is 1. The van der Waals surface area contributed by atoms with Crippen molar-refractivity contribution in [2.75, 3.05) is 65.6 Å². The molecule has 0 N–H and O–H groups in total. The fourth-order valence-corrected chi connectivity index (χ4v) is 5.53. The van der Waals surface area contributed by atoms with Gasteiger partial charge in [0.2, 0.25) is 5.91 Å². The molecule has 1 heterocycles. The summed E-state index contributed by atoms with van der Waals surface area (Å²) in [4.78, 5) is 42.7. The van der Waals surface area contributed by atoms with Crippen molar-refractivity contribution in [1.29, 1.82) is 0 Å². The summed E-state index contributed by atoms with van der Waals surface area (Å²) in [6.07, 6.45) is 0.721. The van der Waals surface area contributed by atoms with E-state index in [-0.39, 0.29) is 34.9 Å². The van der Waals surface area contributed by atoms with Crippen LogP contribution in [0, 0.1) is 0 Å². The third-order valence-corrected chi connectivity index (χ3v) is 7.58. The Morgan fingerprint density at radius 2 is 1.48 bits per heavy atom. The molecule has 12 heteroatoms. The van der Waals surface area contributed by atoms with Crippen LogP contribution in [-0.2, 0) is 33.5 Å². The maximum Gasteiger partial charge on any atom is 0.424 e. The fourth-order valence-electron chi connectivity index (χ4n) is 4.82. The summed E-state index contributed by atoms with van der Waals surface area (Å²) in [5, 5.41) is 0.273. The zero-order valence-corrected chi connectivity index (χ0v) is 26.3. The standard InChI is InChI=1S/C30H39Cl2N3O7/c1-6-41-29(37)35(30(38)42-7-2)28-23(31)15-20(16-24(28)32)9-13-33(3)11-8-12-34-14-10-21-17-25(39-4)26(40-5)18-22(21)19-27(34)36/h15-18H,6-14,19H2,1-5H3. The highest BCUT2D eigenvalue weighted by Gasteiger charge is 2.31. The van der Waals surface area contributed by atoms with Gasteiger partial charge in [-0.3, -0.25) is 4.79 Å². The number of methoxy groups -OCH3 is 2. The van der Waals surface area contributed by atoms with Gasteiger partial charge >= 0.3 is 12.2 Å². The molecule has 2 aromatic carbocycles. The second-order valence-corrected chi connectivity index (χ2v) is 10.6. The molecule has 0 unspecified atom stereocenters. The average molecular weight is 625 g/mol. The van der Waals surface area contributed by atoms with E-state index in [9.17, 15) is 14.4 Å². The van der Waals surface area contributed by atoms with Crippen LogP contribution in [0.1, 0.15) is 37.0 Å². The van der Waals surface area contributed by atoms with Crippen molar-refractivity contribution >= 4 is 47.0 Å². The maximum atomic E-state index is 13.0. The van der Waals surface area contributed by atoms with Gasteiger partial charge in [-0.15, -0.1) is 0 Å². The Morgan fingerprint density at radius 1 is 0.905 bits per heavy atom. The van der Waals surface area contributed by atoms with E-state index in [4.69, 9.17) is 42.1 Å². The number of fused-ring (bicyclic) bond motifs is 1. The van der Waals surface area contributed by atoms with Crippen molar-refractivity contribution in [3.05, 3.63) is 51.0 Å². The Bertz CT molecular complexity index is 1230. The van der Waals surface area contributed by atoms with Crippen LogP contribution in [0.5, 0.6) is 11.5 Å². The van der Waals surface area contributed by atoms with E-state index in [1.807, 2.05) is 24.1 Å². The van der Waals surface area contributed by atoms with E-state index in [1.54, 1.807) is 40.2 Å². The highest BCUT2D eigenvalue weighted by Crippen LogP contribution is 2.36. The quantitative estimate of drug-likeness (QED) is 0.300. The Kier molecular flexibility index (Phi) is 12.6. The molecule has 3 rings (SSSR count). The van der Waals surface area contributed by atoms with E-state index in [0.717, 1.165) is 36.1 Å². The number of rotatable bonds is 12. The van der Waals surface area contributed by atoms with Gasteiger partial charge in [0.1, 0.15) is 0 Å². The van der Waals surface area contributed by atoms with Gasteiger partial charge in [-0.1, -0.05) is 23.2 Å². The Morgan fingerprint density at radius 3 is 2.02 bits per heavy atom. The smallest absolute Gasteiger partial charge is 0.424 e. The van der Waals surface area contributed by atoms with Crippen LogP contribution in [0.3, 0.4) is 0 Å². The molecule has 42 heavy (non-hydrogen) atoms. The number of carbonyl (C=O) groups excluding carboxylic acids is 3. The van der Waals surface area contributed by atoms with E-state index in [2.05, 4.69) is 4.90 Å². The molecule has 0 saturated heterocycles. The van der Waals surface area contributed by atoms with Crippen molar-refractivity contribution in [2.45, 2.75) is 39.5 Å². The molecule has 10 nitrogen and oxygen atoms in total. The Hall–Kier alpha value is -3.21. The topological polar surface area (TPSA) is 97.9 Å². The van der Waals surface area contributed by atoms with Crippen LogP contribution in [0.25, 0.3) is 0 Å². The molecule has 2 aromatic rings. The number of hydrogen-bond donors (Lipinski definition) is 0. The number of benzene rings is 2. The normalized spacial score (nSPS) is 13.0. The number of amides is 3. The second-order valence-electron chi connectivity index (χ2n) is 9.83. The lowest BCUT2D eigenvalue weighted by Gasteiger charge is -2.23. The summed E-state index contributed by atoms with van der Waals surface area (Å²) in [6.45, 7) is 6.21. The number of imide groups is 1. The van der Waals surface area contributed by atoms with Gasteiger partial charge in [0, 0.05) is 19.6 Å². The van der Waals surface area contributed by atoms with E-state index < -0.39 is 12.2 Å². The summed E-state index contributed by atoms with van der Waals surface area (Å²) < 4.78 is 20.8. The number of hydrogen-bond acceptors (Lipinski definition) is 8. The molecule has 3 amide bonds. The first-order chi connectivity index (χ1) is 20.1. The third kappa shape index (κ3) is 8.42. The predicted octanol–water partition coefficient (Wildman–Crippen LogP) is 5.62. The minimum atomic E-state index is -0.918. The first kappa shape index (κ1) is 33.3. The summed E-state index contributed by atoms with van der Waals surface area (Å²) in [5.74, 6) is 1.41. The highest BCUT2D eigenvalue weighted by molar-refractivity contribution is 6.41. The van der Waals surface area contributed by atoms with Crippen LogP contribution >= 0.6 is 23.2 Å². The van der Waals surface area contributed by atoms with Gasteiger partial charge in [0.25, 0.3) is 0 Å². The molecule has 0 radical (unpaired) electrons. The third-order valence-electron chi connectivity index (χ3n) is 7.00. The van der Waals surface area contributed by atoms with Crippen LogP contribution in [0.2, 0.25) is 10.0 Å². The maximum absolute atomic E-state index is 13.0. The Labute approximate surface area is 257 Å². The molecule has 0 bridgehead atoms. The largest absolute Gasteiger partial charge is 0.493 e. The van der Waals surface area contributed by atoms with Gasteiger partial charge in [0.15, 0.2) is 11.5 Å². The van der Waals surface area contributed by atoms with Crippen molar-refractivity contribution < 1.29 is 33.3 Å². The molecule has 0 atom stereocenters. The molecule has 1 aliphatic heterocycles. The Balaban J connectivity index is 1.55. The highest BCUT2D eigenvalue weighted by atomic mass is 35.5. The zero-order valence-electron chi connectivity index (χ0n) is 24.8. The first-order valence-electron chi connectivity index (χ1n) is 13.9. The van der Waals surface area contributed by atoms with Crippen LogP contribution in [-0.4, -0.2) is 88.6 Å². The lowest BCUT2D eigenvalue weighted by Crippen LogP contribution is -2.38. The zero-order chi connectivity index (χ0) is 30.8. The van der Waals surface area contributed by atoms with E-state index in [0.29, 0.717) is 48.9 Å². The molecule has 0 fully saturated rings. The van der Waals surface area contributed by atoms with E-state index >= 15 is 0 Å². The molecule has 0 aromatic heterocycles. The van der Waals surface area contributed by atoms with E-state index in [1.165, 1.54) is 0 Å². The van der Waals surface area contributed by atoms with Gasteiger partial charge in [-0.2, -0.15) is 4.90 Å². The number of carbonyl (C=O) groups is 3. The lowest BCUT2D eigenvalue weighted by molar-refractivity contribution is -0.130. The summed E-state index contributed by atoms with van der Waals surface area (Å²) in [7, 11) is 5.22. The summed E-state index contributed by atoms with van der Waals surface area (Å²) >= 11 is 13.0. The molecular weight excluding hydrogens is 585 g/mol. The molecule has 230 valence electrons. The predicted molar refractivity (Wildman–Crippen MR) is 162 cm³/mol. The minimum Gasteiger partial charge on any atom is -0.493 e. The molecule has 0 saturated carbocycles. The van der Waals surface area contributed by atoms with Gasteiger partial charge < -0.3 is 28.7 Å². The summed E-state index contributed by atoms with van der Waals surface area (Å²) in [5.41, 5.74) is 2.96. The van der Waals surface area contributed by atoms with Gasteiger partial charge in [-0.25, -0.2) is 9.59 Å². The van der Waals surface area contributed by atoms with Crippen molar-refractivity contribution in [1.82, 2.24) is 9.80 Å². The molecule has 0 spiro atoms. The van der Waals surface area contributed by atoms with Gasteiger partial charge in [-0.05, 0) is 87.7 Å².